The molecule has 0 N–H and O–H groups in total. The number of hydrogen-bond acceptors (Lipinski definition) is 4. The highest BCUT2D eigenvalue weighted by atomic mass is 16.5. The molecule has 17 heavy (non-hydrogen) atoms. The average molecular weight is 238 g/mol. The molecule has 0 unspecified atom stereocenters. The number of esters is 1. The van der Waals surface area contributed by atoms with Gasteiger partial charge in [-0.2, -0.15) is 0 Å². The van der Waals surface area contributed by atoms with Crippen molar-refractivity contribution in [3.05, 3.63) is 33.1 Å². The monoisotopic (exact) mass is 238 g/mol. The van der Waals surface area contributed by atoms with Crippen molar-refractivity contribution >= 4 is 5.97 Å². The van der Waals surface area contributed by atoms with E-state index in [-0.39, 0.29) is 19.2 Å². The molecule has 6 nitrogen and oxygen atoms in total. The Morgan fingerprint density at radius 2 is 2.06 bits per heavy atom. The summed E-state index contributed by atoms with van der Waals surface area (Å²) < 4.78 is 7.24. The Bertz CT molecular complexity index is 539. The average Bonchev–Trinajstić information content (AvgIpc) is 3.09. The molecule has 0 spiro atoms. The summed E-state index contributed by atoms with van der Waals surface area (Å²) in [5, 5.41) is 0. The molecule has 6 heteroatoms. The van der Waals surface area contributed by atoms with Crippen LogP contribution in [0.3, 0.4) is 0 Å². The first-order valence-corrected chi connectivity index (χ1v) is 5.60. The molecule has 2 rings (SSSR count). The van der Waals surface area contributed by atoms with E-state index in [0.717, 1.165) is 17.4 Å². The number of rotatable bonds is 4. The van der Waals surface area contributed by atoms with E-state index >= 15 is 0 Å². The summed E-state index contributed by atoms with van der Waals surface area (Å²) in [4.78, 5) is 34.6. The van der Waals surface area contributed by atoms with E-state index < -0.39 is 17.1 Å². The zero-order valence-electron chi connectivity index (χ0n) is 9.59. The molecule has 0 atom stereocenters. The molecule has 1 aliphatic carbocycles. The maximum atomic E-state index is 11.7. The molecule has 92 valence electrons. The molecule has 1 aliphatic rings. The van der Waals surface area contributed by atoms with Crippen molar-refractivity contribution in [3.8, 4) is 0 Å². The van der Waals surface area contributed by atoms with Gasteiger partial charge in [0, 0.05) is 18.4 Å². The first-order chi connectivity index (χ1) is 8.13. The van der Waals surface area contributed by atoms with Gasteiger partial charge < -0.3 is 9.30 Å². The second-order valence-electron chi connectivity index (χ2n) is 3.98. The Kier molecular flexibility index (Phi) is 3.12. The lowest BCUT2D eigenvalue weighted by atomic mass is 10.5. The molecule has 1 fully saturated rings. The fourth-order valence-corrected chi connectivity index (χ4v) is 1.63. The smallest absolute Gasteiger partial charge is 0.326 e. The van der Waals surface area contributed by atoms with Gasteiger partial charge in [-0.25, -0.2) is 0 Å². The SMILES string of the molecule is CCOC(=O)Cn1ccn(C2CC2)c(=O)c1=O. The van der Waals surface area contributed by atoms with Gasteiger partial charge in [0.05, 0.1) is 6.61 Å². The fourth-order valence-electron chi connectivity index (χ4n) is 1.63. The van der Waals surface area contributed by atoms with Crippen molar-refractivity contribution in [1.82, 2.24) is 9.13 Å². The summed E-state index contributed by atoms with van der Waals surface area (Å²) in [6, 6.07) is 0.160. The topological polar surface area (TPSA) is 70.3 Å². The fraction of sp³-hybridized carbons (Fsp3) is 0.545. The Morgan fingerprint density at radius 1 is 1.35 bits per heavy atom. The van der Waals surface area contributed by atoms with Gasteiger partial charge in [-0.1, -0.05) is 0 Å². The van der Waals surface area contributed by atoms with Crippen LogP contribution < -0.4 is 11.1 Å². The Labute approximate surface area is 97.4 Å². The number of carbonyl (C=O) groups excluding carboxylic acids is 1. The highest BCUT2D eigenvalue weighted by Crippen LogP contribution is 2.32. The van der Waals surface area contributed by atoms with Crippen molar-refractivity contribution in [2.24, 2.45) is 0 Å². The molecule has 0 bridgehead atoms. The van der Waals surface area contributed by atoms with Crippen LogP contribution in [0.4, 0.5) is 0 Å². The molecule has 1 saturated carbocycles. The molecule has 0 saturated heterocycles. The van der Waals surface area contributed by atoms with E-state index in [2.05, 4.69) is 0 Å². The van der Waals surface area contributed by atoms with Crippen LogP contribution >= 0.6 is 0 Å². The van der Waals surface area contributed by atoms with Crippen LogP contribution in [0.5, 0.6) is 0 Å². The van der Waals surface area contributed by atoms with E-state index in [4.69, 9.17) is 4.74 Å². The standard InChI is InChI=1S/C11H14N2O4/c1-2-17-9(14)7-12-5-6-13(8-3-4-8)11(16)10(12)15/h5-6,8H,2-4,7H2,1H3. The Balaban J connectivity index is 2.25. The largest absolute Gasteiger partial charge is 0.465 e. The van der Waals surface area contributed by atoms with Gasteiger partial charge >= 0.3 is 17.1 Å². The van der Waals surface area contributed by atoms with Gasteiger partial charge in [-0.15, -0.1) is 0 Å². The summed E-state index contributed by atoms with van der Waals surface area (Å²) in [5.74, 6) is -0.516. The van der Waals surface area contributed by atoms with Crippen molar-refractivity contribution < 1.29 is 9.53 Å². The molecule has 1 aromatic heterocycles. The molecular formula is C11H14N2O4. The quantitative estimate of drug-likeness (QED) is 0.543. The van der Waals surface area contributed by atoms with Crippen molar-refractivity contribution in [2.75, 3.05) is 6.61 Å². The van der Waals surface area contributed by atoms with Crippen LogP contribution in [0, 0.1) is 0 Å². The Morgan fingerprint density at radius 3 is 2.65 bits per heavy atom. The van der Waals surface area contributed by atoms with Gasteiger partial charge in [0.1, 0.15) is 6.54 Å². The second-order valence-corrected chi connectivity index (χ2v) is 3.98. The molecule has 0 radical (unpaired) electrons. The first kappa shape index (κ1) is 11.6. The predicted octanol–water partition coefficient (Wildman–Crippen LogP) is -0.0920. The number of hydrogen-bond donors (Lipinski definition) is 0. The van der Waals surface area contributed by atoms with Crippen LogP contribution in [0.2, 0.25) is 0 Å². The van der Waals surface area contributed by atoms with Gasteiger partial charge in [0.2, 0.25) is 0 Å². The minimum atomic E-state index is -0.674. The number of aromatic nitrogens is 2. The lowest BCUT2D eigenvalue weighted by Crippen LogP contribution is -2.41. The van der Waals surface area contributed by atoms with Crippen molar-refractivity contribution in [1.29, 1.82) is 0 Å². The molecule has 0 amide bonds. The van der Waals surface area contributed by atoms with E-state index in [9.17, 15) is 14.4 Å². The normalized spacial score (nSPS) is 14.6. The second kappa shape index (κ2) is 4.57. The molecule has 0 aliphatic heterocycles. The number of nitrogens with zero attached hydrogens (tertiary/aromatic N) is 2. The third kappa shape index (κ3) is 2.46. The van der Waals surface area contributed by atoms with E-state index in [0.29, 0.717) is 0 Å². The van der Waals surface area contributed by atoms with Crippen LogP contribution in [0.1, 0.15) is 25.8 Å². The molecular weight excluding hydrogens is 224 g/mol. The zero-order valence-corrected chi connectivity index (χ0v) is 9.59. The third-order valence-electron chi connectivity index (χ3n) is 2.63. The van der Waals surface area contributed by atoms with Gasteiger partial charge in [0.25, 0.3) is 0 Å². The van der Waals surface area contributed by atoms with E-state index in [1.165, 1.54) is 10.8 Å². The van der Waals surface area contributed by atoms with Gasteiger partial charge in [-0.3, -0.25) is 19.0 Å². The summed E-state index contributed by atoms with van der Waals surface area (Å²) in [6.45, 7) is 1.73. The van der Waals surface area contributed by atoms with Crippen molar-refractivity contribution in [2.45, 2.75) is 32.4 Å². The highest BCUT2D eigenvalue weighted by Gasteiger charge is 2.25. The van der Waals surface area contributed by atoms with Crippen LogP contribution in [-0.2, 0) is 16.1 Å². The third-order valence-corrected chi connectivity index (χ3v) is 2.63. The minimum Gasteiger partial charge on any atom is -0.465 e. The summed E-state index contributed by atoms with van der Waals surface area (Å²) in [6.07, 6.45) is 4.88. The number of carbonyl (C=O) groups is 1. The molecule has 1 aromatic rings. The molecule has 0 aromatic carbocycles. The van der Waals surface area contributed by atoms with E-state index in [1.807, 2.05) is 0 Å². The maximum absolute atomic E-state index is 11.7. The van der Waals surface area contributed by atoms with Crippen LogP contribution in [0.25, 0.3) is 0 Å². The lowest BCUT2D eigenvalue weighted by Gasteiger charge is -2.07. The van der Waals surface area contributed by atoms with Gasteiger partial charge in [-0.05, 0) is 19.8 Å². The highest BCUT2D eigenvalue weighted by molar-refractivity contribution is 5.69. The van der Waals surface area contributed by atoms with Crippen LogP contribution in [-0.4, -0.2) is 21.7 Å². The number of ether oxygens (including phenoxy) is 1. The summed E-state index contributed by atoms with van der Waals surface area (Å²) in [7, 11) is 0. The first-order valence-electron chi connectivity index (χ1n) is 5.60. The predicted molar refractivity (Wildman–Crippen MR) is 59.9 cm³/mol. The zero-order chi connectivity index (χ0) is 12.4. The van der Waals surface area contributed by atoms with Gasteiger partial charge in [0.15, 0.2) is 0 Å². The van der Waals surface area contributed by atoms with E-state index in [1.54, 1.807) is 13.1 Å². The maximum Gasteiger partial charge on any atom is 0.326 e. The summed E-state index contributed by atoms with van der Waals surface area (Å²) in [5.41, 5.74) is -1.24. The minimum absolute atomic E-state index is 0.160. The van der Waals surface area contributed by atoms with Crippen molar-refractivity contribution in [3.63, 3.8) is 0 Å². The summed E-state index contributed by atoms with van der Waals surface area (Å²) >= 11 is 0. The molecule has 1 heterocycles. The van der Waals surface area contributed by atoms with Crippen LogP contribution in [0.15, 0.2) is 22.0 Å². The lowest BCUT2D eigenvalue weighted by molar-refractivity contribution is -0.143. The Hall–Kier alpha value is -1.85.